The van der Waals surface area contributed by atoms with E-state index in [2.05, 4.69) is 79.7 Å². The third-order valence-electron chi connectivity index (χ3n) is 6.80. The van der Waals surface area contributed by atoms with Crippen molar-refractivity contribution < 1.29 is 4.74 Å². The fraction of sp³-hybridized carbons (Fsp3) is 0.586. The minimum absolute atomic E-state index is 0.0423. The maximum absolute atomic E-state index is 6.54. The summed E-state index contributed by atoms with van der Waals surface area (Å²) in [7, 11) is 0. The van der Waals surface area contributed by atoms with E-state index in [1.54, 1.807) is 0 Å². The van der Waals surface area contributed by atoms with Crippen LogP contribution in [0.1, 0.15) is 102 Å². The lowest BCUT2D eigenvalue weighted by atomic mass is 9.85. The molecule has 0 bridgehead atoms. The van der Waals surface area contributed by atoms with Gasteiger partial charge in [0.25, 0.3) is 0 Å². The Morgan fingerprint density at radius 1 is 0.900 bits per heavy atom. The van der Waals surface area contributed by atoms with Gasteiger partial charge in [0.1, 0.15) is 11.4 Å². The third-order valence-corrected chi connectivity index (χ3v) is 6.80. The van der Waals surface area contributed by atoms with Crippen LogP contribution in [0.25, 0.3) is 0 Å². The maximum Gasteiger partial charge on any atom is 0.123 e. The highest BCUT2D eigenvalue weighted by Crippen LogP contribution is 2.39. The molecule has 1 heterocycles. The van der Waals surface area contributed by atoms with E-state index >= 15 is 0 Å². The lowest BCUT2D eigenvalue weighted by molar-refractivity contribution is 0.0569. The summed E-state index contributed by atoms with van der Waals surface area (Å²) in [5.41, 5.74) is 10.0. The van der Waals surface area contributed by atoms with Crippen LogP contribution < -0.4 is 4.74 Å². The molecular formula is C29H44O. The van der Waals surface area contributed by atoms with Gasteiger partial charge in [-0.1, -0.05) is 34.9 Å². The van der Waals surface area contributed by atoms with Crippen molar-refractivity contribution >= 4 is 0 Å². The summed E-state index contributed by atoms with van der Waals surface area (Å²) < 4.78 is 6.54. The molecule has 0 unspecified atom stereocenters. The smallest absolute Gasteiger partial charge is 0.123 e. The zero-order chi connectivity index (χ0) is 22.3. The number of rotatable bonds is 9. The quantitative estimate of drug-likeness (QED) is 0.371. The van der Waals surface area contributed by atoms with E-state index in [9.17, 15) is 0 Å². The highest BCUT2D eigenvalue weighted by Gasteiger charge is 2.32. The van der Waals surface area contributed by atoms with Gasteiger partial charge in [-0.15, -0.1) is 0 Å². The molecular weight excluding hydrogens is 364 g/mol. The predicted octanol–water partition coefficient (Wildman–Crippen LogP) is 8.89. The predicted molar refractivity (Wildman–Crippen MR) is 133 cm³/mol. The Kier molecular flexibility index (Phi) is 9.01. The summed E-state index contributed by atoms with van der Waals surface area (Å²) in [6, 6.07) is 2.25. The normalized spacial score (nSPS) is 19.3. The highest BCUT2D eigenvalue weighted by molar-refractivity contribution is 5.49. The van der Waals surface area contributed by atoms with E-state index in [1.165, 1.54) is 51.8 Å². The van der Waals surface area contributed by atoms with Crippen molar-refractivity contribution in [2.45, 2.75) is 112 Å². The van der Waals surface area contributed by atoms with Crippen LogP contribution in [0.2, 0.25) is 0 Å². The first-order valence-electron chi connectivity index (χ1n) is 11.8. The molecule has 0 saturated heterocycles. The van der Waals surface area contributed by atoms with Gasteiger partial charge >= 0.3 is 0 Å². The summed E-state index contributed by atoms with van der Waals surface area (Å²) >= 11 is 0. The Labute approximate surface area is 186 Å². The van der Waals surface area contributed by atoms with Gasteiger partial charge in [-0.2, -0.15) is 0 Å². The topological polar surface area (TPSA) is 9.23 Å². The van der Waals surface area contributed by atoms with Gasteiger partial charge in [-0.25, -0.2) is 0 Å². The summed E-state index contributed by atoms with van der Waals surface area (Å²) in [6.07, 6.45) is 16.3. The van der Waals surface area contributed by atoms with Crippen molar-refractivity contribution in [3.63, 3.8) is 0 Å². The molecule has 0 amide bonds. The summed E-state index contributed by atoms with van der Waals surface area (Å²) in [5.74, 6) is 1.12. The molecule has 1 aromatic carbocycles. The molecule has 0 aliphatic carbocycles. The summed E-state index contributed by atoms with van der Waals surface area (Å²) in [5, 5.41) is 0. The fourth-order valence-electron chi connectivity index (χ4n) is 4.35. The number of allylic oxidation sites excluding steroid dienone is 6. The Balaban J connectivity index is 1.82. The molecule has 1 heteroatoms. The molecule has 1 atom stereocenters. The maximum atomic E-state index is 6.54. The molecule has 166 valence electrons. The third kappa shape index (κ3) is 7.18. The van der Waals surface area contributed by atoms with Gasteiger partial charge in [0, 0.05) is 0 Å². The molecule has 1 aliphatic rings. The lowest BCUT2D eigenvalue weighted by Gasteiger charge is -2.37. The number of aryl methyl sites for hydroxylation is 1. The van der Waals surface area contributed by atoms with Crippen LogP contribution in [-0.4, -0.2) is 5.60 Å². The Bertz CT molecular complexity index is 817. The molecule has 2 rings (SSSR count). The monoisotopic (exact) mass is 408 g/mol. The molecule has 1 nitrogen and oxygen atoms in total. The molecule has 1 aromatic rings. The number of fused-ring (bicyclic) bond motifs is 1. The van der Waals surface area contributed by atoms with Crippen LogP contribution in [-0.2, 0) is 6.42 Å². The van der Waals surface area contributed by atoms with E-state index in [1.807, 2.05) is 0 Å². The minimum Gasteiger partial charge on any atom is -0.487 e. The van der Waals surface area contributed by atoms with Crippen LogP contribution >= 0.6 is 0 Å². The van der Waals surface area contributed by atoms with E-state index in [0.717, 1.165) is 44.3 Å². The molecule has 30 heavy (non-hydrogen) atoms. The van der Waals surface area contributed by atoms with Crippen LogP contribution in [0.15, 0.2) is 41.0 Å². The molecule has 0 radical (unpaired) electrons. The summed E-state index contributed by atoms with van der Waals surface area (Å²) in [6.45, 7) is 17.9. The summed E-state index contributed by atoms with van der Waals surface area (Å²) in [4.78, 5) is 0. The number of benzene rings is 1. The van der Waals surface area contributed by atoms with Gasteiger partial charge in [0.05, 0.1) is 0 Å². The van der Waals surface area contributed by atoms with Crippen molar-refractivity contribution in [1.82, 2.24) is 0 Å². The van der Waals surface area contributed by atoms with Crippen molar-refractivity contribution in [1.29, 1.82) is 0 Å². The number of hydrogen-bond donors (Lipinski definition) is 0. The second kappa shape index (κ2) is 11.0. The van der Waals surface area contributed by atoms with Crippen LogP contribution in [0.4, 0.5) is 0 Å². The first kappa shape index (κ1) is 24.5. The Hall–Kier alpha value is -1.76. The fourth-order valence-corrected chi connectivity index (χ4v) is 4.35. The molecule has 1 aliphatic heterocycles. The van der Waals surface area contributed by atoms with Gasteiger partial charge in [0.2, 0.25) is 0 Å². The van der Waals surface area contributed by atoms with E-state index in [0.29, 0.717) is 0 Å². The first-order valence-corrected chi connectivity index (χ1v) is 11.8. The average Bonchev–Trinajstić information content (AvgIpc) is 2.65. The zero-order valence-electron chi connectivity index (χ0n) is 20.9. The van der Waals surface area contributed by atoms with Crippen LogP contribution in [0.3, 0.4) is 0 Å². The highest BCUT2D eigenvalue weighted by atomic mass is 16.5. The molecule has 0 N–H and O–H groups in total. The van der Waals surface area contributed by atoms with Crippen LogP contribution in [0, 0.1) is 20.8 Å². The molecule has 0 spiro atoms. The minimum atomic E-state index is -0.0423. The van der Waals surface area contributed by atoms with Crippen molar-refractivity contribution in [2.24, 2.45) is 0 Å². The molecule has 0 aromatic heterocycles. The van der Waals surface area contributed by atoms with E-state index in [4.69, 9.17) is 4.74 Å². The molecule has 0 fully saturated rings. The van der Waals surface area contributed by atoms with Crippen LogP contribution in [0.5, 0.6) is 5.75 Å². The van der Waals surface area contributed by atoms with Crippen molar-refractivity contribution in [3.05, 3.63) is 63.3 Å². The van der Waals surface area contributed by atoms with Crippen molar-refractivity contribution in [2.75, 3.05) is 0 Å². The second-order valence-electron chi connectivity index (χ2n) is 9.97. The van der Waals surface area contributed by atoms with E-state index in [-0.39, 0.29) is 5.60 Å². The number of ether oxygens (including phenoxy) is 1. The number of hydrogen-bond acceptors (Lipinski definition) is 1. The lowest BCUT2D eigenvalue weighted by Crippen LogP contribution is -2.36. The molecule has 0 saturated carbocycles. The average molecular weight is 409 g/mol. The Morgan fingerprint density at radius 3 is 2.13 bits per heavy atom. The Morgan fingerprint density at radius 2 is 1.50 bits per heavy atom. The largest absolute Gasteiger partial charge is 0.487 e. The van der Waals surface area contributed by atoms with Gasteiger partial charge in [-0.3, -0.25) is 0 Å². The van der Waals surface area contributed by atoms with Gasteiger partial charge in [0.15, 0.2) is 0 Å². The zero-order valence-corrected chi connectivity index (χ0v) is 20.9. The van der Waals surface area contributed by atoms with E-state index < -0.39 is 0 Å². The SMILES string of the molecule is CC(C)=CCC/C(C)=C/CC/C(C)=C/CC[C@]1(C)CCc2c(cc(C)c(C)c2C)O1. The second-order valence-corrected chi connectivity index (χ2v) is 9.97. The van der Waals surface area contributed by atoms with Gasteiger partial charge < -0.3 is 4.74 Å². The first-order chi connectivity index (χ1) is 14.1. The van der Waals surface area contributed by atoms with Crippen molar-refractivity contribution in [3.8, 4) is 5.75 Å². The standard InChI is InChI=1S/C29H44O/c1-21(2)12-9-13-22(3)14-10-15-23(4)16-11-18-29(8)19-17-27-26(7)25(6)24(5)20-28(27)30-29/h12,14,16,20H,9-11,13,15,17-19H2,1-8H3/b22-14+,23-16+/t29-/m1/s1. The van der Waals surface area contributed by atoms with Gasteiger partial charge in [-0.05, 0) is 135 Å².